The second kappa shape index (κ2) is 10.0. The van der Waals surface area contributed by atoms with E-state index in [9.17, 15) is 0 Å². The molecule has 0 N–H and O–H groups in total. The third-order valence-electron chi connectivity index (χ3n) is 9.91. The largest absolute Gasteiger partial charge is 0.135 e. The van der Waals surface area contributed by atoms with Crippen LogP contribution in [-0.4, -0.2) is 0 Å². The first-order chi connectivity index (χ1) is 22.8. The highest BCUT2D eigenvalue weighted by Gasteiger charge is 2.25. The lowest BCUT2D eigenvalue weighted by molar-refractivity contribution is 1.29. The highest BCUT2D eigenvalue weighted by Crippen LogP contribution is 2.50. The number of hydrogen-bond acceptors (Lipinski definition) is 1. The van der Waals surface area contributed by atoms with Crippen LogP contribution < -0.4 is 0 Å². The van der Waals surface area contributed by atoms with Crippen molar-refractivity contribution in [3.8, 4) is 44.5 Å². The van der Waals surface area contributed by atoms with Gasteiger partial charge in [0.25, 0.3) is 0 Å². The lowest BCUT2D eigenvalue weighted by atomic mass is 9.85. The van der Waals surface area contributed by atoms with E-state index < -0.39 is 0 Å². The minimum atomic E-state index is 1.01. The van der Waals surface area contributed by atoms with Crippen LogP contribution in [0.1, 0.15) is 11.1 Å². The predicted octanol–water partition coefficient (Wildman–Crippen LogP) is 12.9. The first-order valence-corrected chi connectivity index (χ1v) is 16.8. The molecule has 9 aromatic rings. The van der Waals surface area contributed by atoms with Crippen molar-refractivity contribution in [3.05, 3.63) is 169 Å². The third-order valence-corrected chi connectivity index (χ3v) is 11.1. The monoisotopic (exact) mass is 600 g/mol. The maximum atomic E-state index is 2.47. The zero-order chi connectivity index (χ0) is 30.2. The summed E-state index contributed by atoms with van der Waals surface area (Å²) in [7, 11) is 0. The van der Waals surface area contributed by atoms with Gasteiger partial charge >= 0.3 is 0 Å². The highest BCUT2D eigenvalue weighted by molar-refractivity contribution is 7.26. The van der Waals surface area contributed by atoms with Gasteiger partial charge in [-0.05, 0) is 89.3 Å². The van der Waals surface area contributed by atoms with Gasteiger partial charge in [-0.15, -0.1) is 11.3 Å². The van der Waals surface area contributed by atoms with E-state index in [0.717, 1.165) is 6.42 Å². The van der Waals surface area contributed by atoms with E-state index in [1.807, 2.05) is 11.3 Å². The molecule has 1 aliphatic carbocycles. The van der Waals surface area contributed by atoms with Gasteiger partial charge in [0.15, 0.2) is 0 Å². The Morgan fingerprint density at radius 1 is 0.391 bits per heavy atom. The van der Waals surface area contributed by atoms with Gasteiger partial charge in [0.2, 0.25) is 0 Å². The molecule has 46 heavy (non-hydrogen) atoms. The standard InChI is InChI=1S/C45H28S/c1-2-12-29(13-3-1)42-33-16-6-8-18-35(33)43(36-19-9-7-17-34(36)42)30-24-22-28(23-25-30)38-27-39-32-15-5-4-14-31(32)26-40(39)45-44(38)37-20-10-11-21-41(37)46-45/h1-25,27H,26H2. The second-order valence-electron chi connectivity index (χ2n) is 12.4. The molecule has 0 radical (unpaired) electrons. The van der Waals surface area contributed by atoms with E-state index in [0.29, 0.717) is 0 Å². The molecule has 1 heterocycles. The van der Waals surface area contributed by atoms with Gasteiger partial charge in [-0.1, -0.05) is 146 Å². The molecule has 0 atom stereocenters. The normalized spacial score (nSPS) is 12.3. The summed E-state index contributed by atoms with van der Waals surface area (Å²) in [4.78, 5) is 0. The van der Waals surface area contributed by atoms with Gasteiger partial charge in [-0.2, -0.15) is 0 Å². The number of benzene rings is 8. The van der Waals surface area contributed by atoms with E-state index in [1.165, 1.54) is 97.4 Å². The first kappa shape index (κ1) is 25.8. The Balaban J connectivity index is 1.21. The maximum absolute atomic E-state index is 2.47. The van der Waals surface area contributed by atoms with Crippen LogP contribution in [0.15, 0.2) is 158 Å². The zero-order valence-corrected chi connectivity index (χ0v) is 25.9. The van der Waals surface area contributed by atoms with Crippen molar-refractivity contribution in [1.29, 1.82) is 0 Å². The Hall–Kier alpha value is -5.50. The summed E-state index contributed by atoms with van der Waals surface area (Å²) in [6.45, 7) is 0. The Morgan fingerprint density at radius 2 is 0.913 bits per heavy atom. The van der Waals surface area contributed by atoms with Gasteiger partial charge in [-0.3, -0.25) is 0 Å². The Labute approximate surface area is 271 Å². The number of fused-ring (bicyclic) bond motifs is 9. The van der Waals surface area contributed by atoms with Gasteiger partial charge in [0.1, 0.15) is 0 Å². The summed E-state index contributed by atoms with van der Waals surface area (Å²) >= 11 is 1.95. The molecule has 0 spiro atoms. The molecule has 1 aliphatic rings. The topological polar surface area (TPSA) is 0 Å². The highest BCUT2D eigenvalue weighted by atomic mass is 32.1. The molecule has 0 nitrogen and oxygen atoms in total. The maximum Gasteiger partial charge on any atom is 0.0403 e. The van der Waals surface area contributed by atoms with Crippen molar-refractivity contribution >= 4 is 53.1 Å². The Kier molecular flexibility index (Phi) is 5.61. The average Bonchev–Trinajstić information content (AvgIpc) is 3.70. The average molecular weight is 601 g/mol. The van der Waals surface area contributed by atoms with Crippen LogP contribution in [0, 0.1) is 0 Å². The molecule has 0 saturated heterocycles. The van der Waals surface area contributed by atoms with Crippen molar-refractivity contribution in [2.24, 2.45) is 0 Å². The molecule has 0 unspecified atom stereocenters. The molecule has 0 amide bonds. The van der Waals surface area contributed by atoms with Gasteiger partial charge in [0.05, 0.1) is 0 Å². The van der Waals surface area contributed by atoms with Crippen LogP contribution in [0.5, 0.6) is 0 Å². The van der Waals surface area contributed by atoms with Gasteiger partial charge < -0.3 is 0 Å². The van der Waals surface area contributed by atoms with Crippen molar-refractivity contribution in [2.75, 3.05) is 0 Å². The predicted molar refractivity (Wildman–Crippen MR) is 199 cm³/mol. The molecule has 0 fully saturated rings. The van der Waals surface area contributed by atoms with Crippen molar-refractivity contribution in [3.63, 3.8) is 0 Å². The second-order valence-corrected chi connectivity index (χ2v) is 13.4. The molecule has 8 aromatic carbocycles. The van der Waals surface area contributed by atoms with Gasteiger partial charge in [-0.25, -0.2) is 0 Å². The van der Waals surface area contributed by atoms with Crippen LogP contribution in [0.2, 0.25) is 0 Å². The molecule has 10 rings (SSSR count). The number of rotatable bonds is 3. The lowest BCUT2D eigenvalue weighted by Gasteiger charge is -2.18. The lowest BCUT2D eigenvalue weighted by Crippen LogP contribution is -1.91. The van der Waals surface area contributed by atoms with Crippen LogP contribution in [0.4, 0.5) is 0 Å². The fraction of sp³-hybridized carbons (Fsp3) is 0.0222. The fourth-order valence-electron chi connectivity index (χ4n) is 7.89. The van der Waals surface area contributed by atoms with Crippen LogP contribution in [0.3, 0.4) is 0 Å². The summed E-state index contributed by atoms with van der Waals surface area (Å²) in [5.41, 5.74) is 13.4. The van der Waals surface area contributed by atoms with E-state index in [4.69, 9.17) is 0 Å². The number of thiophene rings is 1. The summed E-state index contributed by atoms with van der Waals surface area (Å²) in [5, 5.41) is 7.89. The zero-order valence-electron chi connectivity index (χ0n) is 25.1. The van der Waals surface area contributed by atoms with Crippen LogP contribution in [-0.2, 0) is 6.42 Å². The fourth-order valence-corrected chi connectivity index (χ4v) is 9.17. The van der Waals surface area contributed by atoms with Crippen molar-refractivity contribution < 1.29 is 0 Å². The molecular weight excluding hydrogens is 573 g/mol. The Bertz CT molecular complexity index is 2580. The summed E-state index contributed by atoms with van der Waals surface area (Å²) < 4.78 is 2.79. The molecule has 1 aromatic heterocycles. The van der Waals surface area contributed by atoms with E-state index in [1.54, 1.807) is 0 Å². The minimum absolute atomic E-state index is 1.01. The van der Waals surface area contributed by atoms with E-state index in [-0.39, 0.29) is 0 Å². The smallest absolute Gasteiger partial charge is 0.0403 e. The van der Waals surface area contributed by atoms with Crippen molar-refractivity contribution in [1.82, 2.24) is 0 Å². The first-order valence-electron chi connectivity index (χ1n) is 16.0. The molecule has 1 heteroatoms. The molecular formula is C45H28S. The molecule has 0 saturated carbocycles. The van der Waals surface area contributed by atoms with E-state index in [2.05, 4.69) is 158 Å². The number of hydrogen-bond donors (Lipinski definition) is 0. The summed E-state index contributed by atoms with van der Waals surface area (Å²) in [6, 6.07) is 58.3. The van der Waals surface area contributed by atoms with E-state index >= 15 is 0 Å². The SMILES string of the molecule is c1ccc(-c2c3ccccc3c(-c3ccc(-c4cc5c(c6sc7ccccc7c46)Cc4ccccc4-5)cc3)c3ccccc23)cc1. The summed E-state index contributed by atoms with van der Waals surface area (Å²) in [5.74, 6) is 0. The van der Waals surface area contributed by atoms with Crippen LogP contribution >= 0.6 is 11.3 Å². The van der Waals surface area contributed by atoms with Crippen LogP contribution in [0.25, 0.3) is 86.2 Å². The molecule has 0 aliphatic heterocycles. The minimum Gasteiger partial charge on any atom is -0.135 e. The third kappa shape index (κ3) is 3.73. The molecule has 214 valence electrons. The van der Waals surface area contributed by atoms with Gasteiger partial charge in [0, 0.05) is 26.6 Å². The molecule has 0 bridgehead atoms. The quantitative estimate of drug-likeness (QED) is 0.177. The summed E-state index contributed by atoms with van der Waals surface area (Å²) in [6.07, 6.45) is 1.01. The van der Waals surface area contributed by atoms with Crippen molar-refractivity contribution in [2.45, 2.75) is 6.42 Å². The Morgan fingerprint density at radius 3 is 1.59 bits per heavy atom.